The van der Waals surface area contributed by atoms with Crippen LogP contribution in [0, 0.1) is 11.2 Å². The van der Waals surface area contributed by atoms with Gasteiger partial charge in [0.25, 0.3) is 11.8 Å². The smallest absolute Gasteiger partial charge is 0.257 e. The maximum Gasteiger partial charge on any atom is 0.257 e. The highest BCUT2D eigenvalue weighted by molar-refractivity contribution is 9.10. The van der Waals surface area contributed by atoms with Gasteiger partial charge in [-0.25, -0.2) is 19.3 Å². The number of imide groups is 1. The van der Waals surface area contributed by atoms with E-state index in [1.165, 1.54) is 25.6 Å². The van der Waals surface area contributed by atoms with E-state index in [1.807, 2.05) is 20.8 Å². The number of halogens is 2. The number of likely N-dealkylation sites (N-methyl/N-ethyl adjacent to an activating group) is 1. The highest BCUT2D eigenvalue weighted by atomic mass is 79.9. The summed E-state index contributed by atoms with van der Waals surface area (Å²) in [6, 6.07) is 5.23. The van der Waals surface area contributed by atoms with Crippen molar-refractivity contribution in [3.8, 4) is 5.75 Å². The van der Waals surface area contributed by atoms with Crippen LogP contribution in [0.15, 0.2) is 41.1 Å². The number of aromatic nitrogens is 2. The lowest BCUT2D eigenvalue weighted by Gasteiger charge is -2.36. The zero-order valence-corrected chi connectivity index (χ0v) is 26.6. The zero-order valence-electron chi connectivity index (χ0n) is 25.0. The van der Waals surface area contributed by atoms with Crippen LogP contribution in [-0.2, 0) is 14.4 Å². The summed E-state index contributed by atoms with van der Waals surface area (Å²) < 4.78 is 19.9. The van der Waals surface area contributed by atoms with Crippen molar-refractivity contribution in [2.24, 2.45) is 5.41 Å². The van der Waals surface area contributed by atoms with Crippen LogP contribution in [0.1, 0.15) is 40.5 Å². The summed E-state index contributed by atoms with van der Waals surface area (Å²) in [4.78, 5) is 51.4. The van der Waals surface area contributed by atoms with Gasteiger partial charge >= 0.3 is 0 Å². The van der Waals surface area contributed by atoms with E-state index >= 15 is 0 Å². The Hall–Kier alpha value is -3.68. The number of methoxy groups -OCH3 is 1. The van der Waals surface area contributed by atoms with Gasteiger partial charge in [0, 0.05) is 15.9 Å². The molecule has 3 amide bonds. The molecule has 0 radical (unpaired) electrons. The van der Waals surface area contributed by atoms with E-state index in [2.05, 4.69) is 47.2 Å². The van der Waals surface area contributed by atoms with Gasteiger partial charge in [0.15, 0.2) is 0 Å². The lowest BCUT2D eigenvalue weighted by atomic mass is 9.85. The Morgan fingerprint density at radius 3 is 2.53 bits per heavy atom. The summed E-state index contributed by atoms with van der Waals surface area (Å²) in [6.07, 6.45) is 2.70. The first-order valence-electron chi connectivity index (χ1n) is 14.0. The summed E-state index contributed by atoms with van der Waals surface area (Å²) in [7, 11) is 3.09. The molecule has 0 aliphatic carbocycles. The fourth-order valence-corrected chi connectivity index (χ4v) is 5.25. The predicted octanol–water partition coefficient (Wildman–Crippen LogP) is 4.03. The number of nitrogens with zero attached hydrogens (tertiary/aromatic N) is 3. The van der Waals surface area contributed by atoms with Crippen LogP contribution in [0.2, 0.25) is 0 Å². The van der Waals surface area contributed by atoms with Crippen LogP contribution in [0.25, 0.3) is 10.9 Å². The molecule has 1 fully saturated rings. The summed E-state index contributed by atoms with van der Waals surface area (Å²) in [5.41, 5.74) is 0.460. The normalized spacial score (nSPS) is 16.4. The Morgan fingerprint density at radius 1 is 1.19 bits per heavy atom. The van der Waals surface area contributed by atoms with Crippen LogP contribution in [0.5, 0.6) is 5.75 Å². The molecule has 0 unspecified atom stereocenters. The quantitative estimate of drug-likeness (QED) is 0.269. The Labute approximate surface area is 258 Å². The fraction of sp³-hybridized carbons (Fsp3) is 0.433. The number of carbonyl (C=O) groups is 3. The highest BCUT2D eigenvalue weighted by Gasteiger charge is 2.42. The van der Waals surface area contributed by atoms with E-state index in [-0.39, 0.29) is 17.3 Å². The number of amides is 3. The molecule has 3 aromatic rings. The molecular formula is C30H37BrFN7O4. The largest absolute Gasteiger partial charge is 0.494 e. The van der Waals surface area contributed by atoms with Crippen molar-refractivity contribution in [2.45, 2.75) is 58.7 Å². The van der Waals surface area contributed by atoms with Crippen LogP contribution >= 0.6 is 15.9 Å². The number of hydrogen-bond donors (Lipinski definition) is 4. The molecule has 3 atom stereocenters. The number of hydrogen-bond acceptors (Lipinski definition) is 9. The van der Waals surface area contributed by atoms with E-state index in [9.17, 15) is 18.8 Å². The Kier molecular flexibility index (Phi) is 9.98. The first kappa shape index (κ1) is 32.2. The van der Waals surface area contributed by atoms with E-state index in [1.54, 1.807) is 32.2 Å². The van der Waals surface area contributed by atoms with Gasteiger partial charge in [-0.1, -0.05) is 20.8 Å². The van der Waals surface area contributed by atoms with E-state index in [0.29, 0.717) is 39.8 Å². The third-order valence-electron chi connectivity index (χ3n) is 7.39. The summed E-state index contributed by atoms with van der Waals surface area (Å²) in [6.45, 7) is 7.80. The number of fused-ring (bicyclic) bond motifs is 1. The predicted molar refractivity (Wildman–Crippen MR) is 167 cm³/mol. The lowest BCUT2D eigenvalue weighted by Crippen LogP contribution is -2.60. The number of anilines is 3. The minimum absolute atomic E-state index is 0.180. The second kappa shape index (κ2) is 13.3. The van der Waals surface area contributed by atoms with Gasteiger partial charge in [-0.15, -0.1) is 0 Å². The fourth-order valence-electron chi connectivity index (χ4n) is 4.80. The first-order valence-corrected chi connectivity index (χ1v) is 14.8. The molecule has 0 bridgehead atoms. The highest BCUT2D eigenvalue weighted by Crippen LogP contribution is 2.38. The Balaban J connectivity index is 1.88. The second-order valence-corrected chi connectivity index (χ2v) is 12.3. The van der Waals surface area contributed by atoms with Crippen molar-refractivity contribution in [3.63, 3.8) is 0 Å². The molecule has 1 saturated heterocycles. The molecule has 4 N–H and O–H groups in total. The number of rotatable bonds is 9. The van der Waals surface area contributed by atoms with Gasteiger partial charge in [0.05, 0.1) is 36.1 Å². The van der Waals surface area contributed by atoms with E-state index in [4.69, 9.17) is 4.74 Å². The Morgan fingerprint density at radius 2 is 1.93 bits per heavy atom. The molecule has 4 rings (SSSR count). The molecule has 13 heteroatoms. The number of nitrogens with one attached hydrogen (secondary N) is 4. The monoisotopic (exact) mass is 657 g/mol. The number of benzene rings is 2. The number of carbonyl (C=O) groups excluding carboxylic acids is 3. The molecule has 0 saturated carbocycles. The van der Waals surface area contributed by atoms with Crippen LogP contribution in [0.4, 0.5) is 21.6 Å². The van der Waals surface area contributed by atoms with Gasteiger partial charge in [-0.05, 0) is 79.0 Å². The van der Waals surface area contributed by atoms with Crippen LogP contribution in [-0.4, -0.2) is 66.5 Å². The summed E-state index contributed by atoms with van der Waals surface area (Å²) in [5, 5.41) is 12.6. The molecule has 1 aliphatic heterocycles. The van der Waals surface area contributed by atoms with Crippen molar-refractivity contribution >= 4 is 61.7 Å². The standard InChI is InChI=1S/C30H37BrFN7O4/c1-16(33-5)27(40)38-25(30(2,3)4)29(42)39(28(41)21-8-7-11-34-21)23-13-18-22(14-24(23)43-6)35-15-36-26(18)37-20-10-9-17(32)12-19(20)31/h9-10,12-16,21,25,33-34H,7-8,11H2,1-6H3,(H,38,40)(H,35,36,37)/t16-,21-,25+/m0/s1. The van der Waals surface area contributed by atoms with Crippen LogP contribution in [0.3, 0.4) is 0 Å². The molecule has 1 aromatic heterocycles. The average Bonchev–Trinajstić information content (AvgIpc) is 3.51. The van der Waals surface area contributed by atoms with Gasteiger partial charge in [0.1, 0.15) is 29.8 Å². The van der Waals surface area contributed by atoms with Gasteiger partial charge in [-0.2, -0.15) is 0 Å². The minimum atomic E-state index is -1.05. The molecule has 2 heterocycles. The van der Waals surface area contributed by atoms with Crippen molar-refractivity contribution in [2.75, 3.05) is 30.9 Å². The topological polar surface area (TPSA) is 138 Å². The third-order valence-corrected chi connectivity index (χ3v) is 8.04. The Bertz CT molecular complexity index is 1520. The van der Waals surface area contributed by atoms with Gasteiger partial charge < -0.3 is 26.0 Å². The molecule has 2 aromatic carbocycles. The molecular weight excluding hydrogens is 621 g/mol. The van der Waals surface area contributed by atoms with Crippen LogP contribution < -0.4 is 30.9 Å². The van der Waals surface area contributed by atoms with Gasteiger partial charge in [-0.3, -0.25) is 14.4 Å². The van der Waals surface area contributed by atoms with Crippen molar-refractivity contribution in [3.05, 3.63) is 46.9 Å². The maximum absolute atomic E-state index is 14.5. The summed E-state index contributed by atoms with van der Waals surface area (Å²) >= 11 is 3.36. The lowest BCUT2D eigenvalue weighted by molar-refractivity contribution is -0.134. The van der Waals surface area contributed by atoms with Crippen molar-refractivity contribution in [1.29, 1.82) is 0 Å². The maximum atomic E-state index is 14.5. The molecule has 43 heavy (non-hydrogen) atoms. The van der Waals surface area contributed by atoms with Gasteiger partial charge in [0.2, 0.25) is 5.91 Å². The molecule has 0 spiro atoms. The SMILES string of the molecule is CN[C@@H](C)C(=O)N[C@H](C(=O)N(C(=O)[C@@H]1CCCN1)c1cc2c(Nc3ccc(F)cc3Br)ncnc2cc1OC)C(C)(C)C. The van der Waals surface area contributed by atoms with E-state index < -0.39 is 41.2 Å². The number of ether oxygens (including phenoxy) is 1. The first-order chi connectivity index (χ1) is 20.3. The molecule has 11 nitrogen and oxygen atoms in total. The summed E-state index contributed by atoms with van der Waals surface area (Å²) in [5.74, 6) is -1.25. The third kappa shape index (κ3) is 7.11. The molecule has 1 aliphatic rings. The molecule has 230 valence electrons. The minimum Gasteiger partial charge on any atom is -0.494 e. The van der Waals surface area contributed by atoms with Crippen molar-refractivity contribution < 1.29 is 23.5 Å². The average molecular weight is 659 g/mol. The van der Waals surface area contributed by atoms with E-state index in [0.717, 1.165) is 11.3 Å². The zero-order chi connectivity index (χ0) is 31.5. The van der Waals surface area contributed by atoms with Crippen molar-refractivity contribution in [1.82, 2.24) is 25.9 Å². The second-order valence-electron chi connectivity index (χ2n) is 11.5.